The van der Waals surface area contributed by atoms with Gasteiger partial charge in [-0.1, -0.05) is 29.3 Å². The number of ether oxygens (including phenoxy) is 1. The Morgan fingerprint density at radius 2 is 1.84 bits per heavy atom. The summed E-state index contributed by atoms with van der Waals surface area (Å²) in [5.74, 6) is 0.105. The first-order valence-corrected chi connectivity index (χ1v) is 7.09. The SMILES string of the molecule is NCC1(C(=O)Cc2c(Cl)cccc2Cl)CCOCC1. The number of nitrogens with two attached hydrogens (primary N) is 1. The number of Topliss-reactive ketones (excluding diaryl/α,β-unsaturated/α-hetero) is 1. The van der Waals surface area contributed by atoms with Crippen molar-refractivity contribution in [3.63, 3.8) is 0 Å². The largest absolute Gasteiger partial charge is 0.381 e. The first-order chi connectivity index (χ1) is 9.09. The van der Waals surface area contributed by atoms with Crippen LogP contribution in [0.3, 0.4) is 0 Å². The number of hydrogen-bond donors (Lipinski definition) is 1. The highest BCUT2D eigenvalue weighted by atomic mass is 35.5. The minimum absolute atomic E-state index is 0.105. The molecule has 0 spiro atoms. The summed E-state index contributed by atoms with van der Waals surface area (Å²) in [5.41, 5.74) is 6.03. The van der Waals surface area contributed by atoms with Crippen molar-refractivity contribution >= 4 is 29.0 Å². The number of benzene rings is 1. The second-order valence-electron chi connectivity index (χ2n) is 4.90. The molecular weight excluding hydrogens is 285 g/mol. The van der Waals surface area contributed by atoms with E-state index in [0.717, 1.165) is 0 Å². The molecule has 5 heteroatoms. The number of hydrogen-bond acceptors (Lipinski definition) is 3. The number of carbonyl (C=O) groups excluding carboxylic acids is 1. The third-order valence-corrected chi connectivity index (χ3v) is 4.54. The maximum atomic E-state index is 12.6. The highest BCUT2D eigenvalue weighted by Gasteiger charge is 2.38. The van der Waals surface area contributed by atoms with Crippen LogP contribution in [0, 0.1) is 5.41 Å². The fraction of sp³-hybridized carbons (Fsp3) is 0.500. The van der Waals surface area contributed by atoms with Crippen LogP contribution in [0.2, 0.25) is 10.0 Å². The smallest absolute Gasteiger partial charge is 0.144 e. The molecule has 1 aromatic carbocycles. The predicted octanol–water partition coefficient (Wildman–Crippen LogP) is 2.86. The fourth-order valence-electron chi connectivity index (χ4n) is 2.41. The fourth-order valence-corrected chi connectivity index (χ4v) is 2.94. The zero-order valence-electron chi connectivity index (χ0n) is 10.6. The van der Waals surface area contributed by atoms with Crippen LogP contribution in [-0.4, -0.2) is 25.5 Å². The lowest BCUT2D eigenvalue weighted by Crippen LogP contribution is -2.44. The molecular formula is C14H17Cl2NO2. The lowest BCUT2D eigenvalue weighted by atomic mass is 9.74. The van der Waals surface area contributed by atoms with Crippen LogP contribution in [0.5, 0.6) is 0 Å². The molecule has 0 atom stereocenters. The van der Waals surface area contributed by atoms with Crippen molar-refractivity contribution in [2.75, 3.05) is 19.8 Å². The lowest BCUT2D eigenvalue weighted by molar-refractivity contribution is -0.132. The van der Waals surface area contributed by atoms with Crippen molar-refractivity contribution in [3.8, 4) is 0 Å². The zero-order chi connectivity index (χ0) is 13.9. The van der Waals surface area contributed by atoms with Gasteiger partial charge in [0.05, 0.1) is 0 Å². The summed E-state index contributed by atoms with van der Waals surface area (Å²) in [6.45, 7) is 1.51. The highest BCUT2D eigenvalue weighted by molar-refractivity contribution is 6.36. The van der Waals surface area contributed by atoms with E-state index in [0.29, 0.717) is 48.2 Å². The first-order valence-electron chi connectivity index (χ1n) is 6.33. The van der Waals surface area contributed by atoms with Crippen molar-refractivity contribution in [3.05, 3.63) is 33.8 Å². The Kier molecular flexibility index (Phi) is 4.85. The summed E-state index contributed by atoms with van der Waals surface area (Å²) < 4.78 is 5.31. The molecule has 2 rings (SSSR count). The van der Waals surface area contributed by atoms with Gasteiger partial charge in [0.25, 0.3) is 0 Å². The molecule has 2 N–H and O–H groups in total. The summed E-state index contributed by atoms with van der Waals surface area (Å²) in [6, 6.07) is 5.26. The molecule has 0 aromatic heterocycles. The van der Waals surface area contributed by atoms with Crippen molar-refractivity contribution in [1.82, 2.24) is 0 Å². The Hall–Kier alpha value is -0.610. The van der Waals surface area contributed by atoms with E-state index < -0.39 is 5.41 Å². The van der Waals surface area contributed by atoms with E-state index in [-0.39, 0.29) is 12.2 Å². The summed E-state index contributed by atoms with van der Waals surface area (Å²) >= 11 is 12.2. The minimum atomic E-state index is -0.485. The van der Waals surface area contributed by atoms with E-state index in [1.807, 2.05) is 0 Å². The molecule has 0 saturated carbocycles. The summed E-state index contributed by atoms with van der Waals surface area (Å²) in [4.78, 5) is 12.6. The van der Waals surface area contributed by atoms with Gasteiger partial charge in [-0.15, -0.1) is 0 Å². The van der Waals surface area contributed by atoms with Gasteiger partial charge < -0.3 is 10.5 Å². The molecule has 0 radical (unpaired) electrons. The van der Waals surface area contributed by atoms with Gasteiger partial charge in [-0.3, -0.25) is 4.79 Å². The highest BCUT2D eigenvalue weighted by Crippen LogP contribution is 2.34. The van der Waals surface area contributed by atoms with E-state index in [1.54, 1.807) is 18.2 Å². The van der Waals surface area contributed by atoms with Crippen LogP contribution in [0.25, 0.3) is 0 Å². The topological polar surface area (TPSA) is 52.3 Å². The molecule has 104 valence electrons. The van der Waals surface area contributed by atoms with E-state index in [2.05, 4.69) is 0 Å². The van der Waals surface area contributed by atoms with Gasteiger partial charge >= 0.3 is 0 Å². The van der Waals surface area contributed by atoms with Crippen LogP contribution >= 0.6 is 23.2 Å². The van der Waals surface area contributed by atoms with Gasteiger partial charge in [-0.2, -0.15) is 0 Å². The first kappa shape index (κ1) is 14.8. The molecule has 19 heavy (non-hydrogen) atoms. The van der Waals surface area contributed by atoms with E-state index >= 15 is 0 Å². The van der Waals surface area contributed by atoms with Gasteiger partial charge in [0, 0.05) is 41.6 Å². The Bertz CT molecular complexity index is 450. The minimum Gasteiger partial charge on any atom is -0.381 e. The molecule has 0 amide bonds. The normalized spacial score (nSPS) is 18.3. The van der Waals surface area contributed by atoms with Crippen LogP contribution in [-0.2, 0) is 16.0 Å². The van der Waals surface area contributed by atoms with E-state index in [1.165, 1.54) is 0 Å². The van der Waals surface area contributed by atoms with Crippen molar-refractivity contribution in [1.29, 1.82) is 0 Å². The molecule has 1 aliphatic rings. The number of carbonyl (C=O) groups is 1. The van der Waals surface area contributed by atoms with Gasteiger partial charge in [0.15, 0.2) is 0 Å². The Morgan fingerprint density at radius 1 is 1.26 bits per heavy atom. The third kappa shape index (κ3) is 3.11. The molecule has 1 aliphatic heterocycles. The Labute approximate surface area is 123 Å². The second-order valence-corrected chi connectivity index (χ2v) is 5.71. The predicted molar refractivity (Wildman–Crippen MR) is 76.7 cm³/mol. The van der Waals surface area contributed by atoms with Gasteiger partial charge in [-0.05, 0) is 30.5 Å². The molecule has 1 aromatic rings. The standard InChI is InChI=1S/C14H17Cl2NO2/c15-11-2-1-3-12(16)10(11)8-13(18)14(9-17)4-6-19-7-5-14/h1-3H,4-9,17H2. The maximum absolute atomic E-state index is 12.6. The van der Waals surface area contributed by atoms with Gasteiger partial charge in [-0.25, -0.2) is 0 Å². The van der Waals surface area contributed by atoms with Crippen LogP contribution < -0.4 is 5.73 Å². The van der Waals surface area contributed by atoms with E-state index in [4.69, 9.17) is 33.7 Å². The van der Waals surface area contributed by atoms with Gasteiger partial charge in [0.2, 0.25) is 0 Å². The third-order valence-electron chi connectivity index (χ3n) is 3.83. The molecule has 0 unspecified atom stereocenters. The summed E-state index contributed by atoms with van der Waals surface area (Å²) in [6.07, 6.45) is 1.57. The molecule has 0 aliphatic carbocycles. The molecule has 1 fully saturated rings. The molecule has 1 heterocycles. The molecule has 0 bridgehead atoms. The van der Waals surface area contributed by atoms with Crippen molar-refractivity contribution < 1.29 is 9.53 Å². The van der Waals surface area contributed by atoms with Crippen LogP contribution in [0.15, 0.2) is 18.2 Å². The van der Waals surface area contributed by atoms with Gasteiger partial charge in [0.1, 0.15) is 5.78 Å². The summed E-state index contributed by atoms with van der Waals surface area (Å²) in [7, 11) is 0. The number of rotatable bonds is 4. The quantitative estimate of drug-likeness (QED) is 0.930. The Balaban J connectivity index is 2.20. The number of halogens is 2. The lowest BCUT2D eigenvalue weighted by Gasteiger charge is -2.34. The summed E-state index contributed by atoms with van der Waals surface area (Å²) in [5, 5.41) is 1.06. The molecule has 1 saturated heterocycles. The number of ketones is 1. The van der Waals surface area contributed by atoms with Crippen molar-refractivity contribution in [2.24, 2.45) is 11.1 Å². The van der Waals surface area contributed by atoms with Crippen LogP contribution in [0.1, 0.15) is 18.4 Å². The maximum Gasteiger partial charge on any atom is 0.144 e. The second kappa shape index (κ2) is 6.23. The monoisotopic (exact) mass is 301 g/mol. The van der Waals surface area contributed by atoms with E-state index in [9.17, 15) is 4.79 Å². The average molecular weight is 302 g/mol. The van der Waals surface area contributed by atoms with Crippen molar-refractivity contribution in [2.45, 2.75) is 19.3 Å². The zero-order valence-corrected chi connectivity index (χ0v) is 12.1. The Morgan fingerprint density at radius 3 is 2.37 bits per heavy atom. The molecule has 3 nitrogen and oxygen atoms in total. The van der Waals surface area contributed by atoms with Crippen LogP contribution in [0.4, 0.5) is 0 Å². The average Bonchev–Trinajstić information content (AvgIpc) is 2.43.